The molecule has 0 radical (unpaired) electrons. The van der Waals surface area contributed by atoms with Gasteiger partial charge in [-0.25, -0.2) is 4.98 Å². The maximum atomic E-state index is 12.9. The summed E-state index contributed by atoms with van der Waals surface area (Å²) in [4.78, 5) is 17.1. The number of carbonyl (C=O) groups is 1. The lowest BCUT2D eigenvalue weighted by Crippen LogP contribution is -2.36. The number of rotatable bonds is 4. The number of carbonyl (C=O) groups excluding carboxylic acids is 1. The van der Waals surface area contributed by atoms with Crippen LogP contribution in [0.3, 0.4) is 0 Å². The molecule has 86 valence electrons. The molecule has 0 bridgehead atoms. The van der Waals surface area contributed by atoms with Gasteiger partial charge in [0.05, 0.1) is 6.61 Å². The third kappa shape index (κ3) is 2.36. The number of aliphatic hydroxyl groups excluding tert-OH is 1. The number of halogens is 1. The molecule has 1 aromatic heterocycles. The van der Waals surface area contributed by atoms with E-state index < -0.39 is 5.95 Å². The van der Waals surface area contributed by atoms with Crippen molar-refractivity contribution in [2.75, 3.05) is 13.2 Å². The lowest BCUT2D eigenvalue weighted by atomic mass is 10.3. The molecule has 1 aliphatic carbocycles. The molecule has 0 saturated heterocycles. The molecule has 0 unspecified atom stereocenters. The summed E-state index contributed by atoms with van der Waals surface area (Å²) in [6, 6.07) is 4.33. The zero-order valence-electron chi connectivity index (χ0n) is 8.77. The number of aromatic nitrogens is 1. The van der Waals surface area contributed by atoms with E-state index in [0.717, 1.165) is 12.8 Å². The van der Waals surface area contributed by atoms with E-state index in [1.165, 1.54) is 18.2 Å². The Morgan fingerprint density at radius 2 is 2.31 bits per heavy atom. The molecule has 0 aromatic carbocycles. The van der Waals surface area contributed by atoms with Crippen molar-refractivity contribution in [2.24, 2.45) is 0 Å². The Morgan fingerprint density at radius 3 is 2.88 bits per heavy atom. The number of amides is 1. The van der Waals surface area contributed by atoms with Gasteiger partial charge < -0.3 is 10.0 Å². The fraction of sp³-hybridized carbons (Fsp3) is 0.455. The fourth-order valence-electron chi connectivity index (χ4n) is 1.62. The molecular weight excluding hydrogens is 211 g/mol. The second kappa shape index (κ2) is 4.57. The monoisotopic (exact) mass is 224 g/mol. The van der Waals surface area contributed by atoms with E-state index in [2.05, 4.69) is 4.98 Å². The third-order valence-electron chi connectivity index (χ3n) is 2.52. The highest BCUT2D eigenvalue weighted by Gasteiger charge is 2.33. The molecule has 5 heteroatoms. The summed E-state index contributed by atoms with van der Waals surface area (Å²) >= 11 is 0. The fourth-order valence-corrected chi connectivity index (χ4v) is 1.62. The maximum absolute atomic E-state index is 12.9. The minimum absolute atomic E-state index is 0.0858. The van der Waals surface area contributed by atoms with Gasteiger partial charge >= 0.3 is 0 Å². The number of hydrogen-bond donors (Lipinski definition) is 1. The molecule has 1 amide bonds. The molecule has 0 atom stereocenters. The van der Waals surface area contributed by atoms with Crippen LogP contribution in [0.15, 0.2) is 18.2 Å². The van der Waals surface area contributed by atoms with E-state index in [1.807, 2.05) is 0 Å². The van der Waals surface area contributed by atoms with Gasteiger partial charge in [-0.3, -0.25) is 4.79 Å². The summed E-state index contributed by atoms with van der Waals surface area (Å²) < 4.78 is 12.9. The lowest BCUT2D eigenvalue weighted by molar-refractivity contribution is 0.0700. The van der Waals surface area contributed by atoms with E-state index in [0.29, 0.717) is 0 Å². The SMILES string of the molecule is O=C(c1cccc(F)n1)N(CCO)C1CC1. The van der Waals surface area contributed by atoms with Gasteiger partial charge in [-0.05, 0) is 25.0 Å². The molecule has 1 saturated carbocycles. The van der Waals surface area contributed by atoms with E-state index in [4.69, 9.17) is 5.11 Å². The molecule has 1 heterocycles. The van der Waals surface area contributed by atoms with E-state index in [9.17, 15) is 9.18 Å². The van der Waals surface area contributed by atoms with Crippen molar-refractivity contribution in [3.63, 3.8) is 0 Å². The van der Waals surface area contributed by atoms with Gasteiger partial charge in [0.25, 0.3) is 5.91 Å². The summed E-state index contributed by atoms with van der Waals surface area (Å²) in [6.07, 6.45) is 1.89. The Bertz CT molecular complexity index is 393. The average molecular weight is 224 g/mol. The zero-order chi connectivity index (χ0) is 11.5. The first kappa shape index (κ1) is 11.0. The molecule has 1 aromatic rings. The first-order chi connectivity index (χ1) is 7.72. The van der Waals surface area contributed by atoms with E-state index >= 15 is 0 Å². The predicted octanol–water partition coefficient (Wildman–Crippen LogP) is 0.818. The summed E-state index contributed by atoms with van der Waals surface area (Å²) in [6.45, 7) is 0.194. The van der Waals surface area contributed by atoms with Crippen molar-refractivity contribution >= 4 is 5.91 Å². The van der Waals surface area contributed by atoms with Crippen molar-refractivity contribution in [1.82, 2.24) is 9.88 Å². The van der Waals surface area contributed by atoms with Gasteiger partial charge in [0.1, 0.15) is 5.69 Å². The van der Waals surface area contributed by atoms with Crippen LogP contribution in [0, 0.1) is 5.95 Å². The van der Waals surface area contributed by atoms with Crippen molar-refractivity contribution in [2.45, 2.75) is 18.9 Å². The van der Waals surface area contributed by atoms with Gasteiger partial charge in [0.15, 0.2) is 0 Å². The van der Waals surface area contributed by atoms with Crippen molar-refractivity contribution < 1.29 is 14.3 Å². The smallest absolute Gasteiger partial charge is 0.272 e. The highest BCUT2D eigenvalue weighted by molar-refractivity contribution is 5.92. The molecule has 1 aliphatic rings. The Labute approximate surface area is 92.7 Å². The largest absolute Gasteiger partial charge is 0.395 e. The Balaban J connectivity index is 2.15. The van der Waals surface area contributed by atoms with Gasteiger partial charge in [-0.2, -0.15) is 4.39 Å². The molecule has 2 rings (SSSR count). The topological polar surface area (TPSA) is 53.4 Å². The second-order valence-electron chi connectivity index (χ2n) is 3.80. The molecule has 0 spiro atoms. The van der Waals surface area contributed by atoms with E-state index in [-0.39, 0.29) is 30.8 Å². The summed E-state index contributed by atoms with van der Waals surface area (Å²) in [7, 11) is 0. The zero-order valence-corrected chi connectivity index (χ0v) is 8.77. The molecule has 4 nitrogen and oxygen atoms in total. The summed E-state index contributed by atoms with van der Waals surface area (Å²) in [5, 5.41) is 8.88. The Morgan fingerprint density at radius 1 is 1.56 bits per heavy atom. The van der Waals surface area contributed by atoms with Crippen LogP contribution in [-0.4, -0.2) is 40.1 Å². The Hall–Kier alpha value is -1.49. The second-order valence-corrected chi connectivity index (χ2v) is 3.80. The number of pyridine rings is 1. The quantitative estimate of drug-likeness (QED) is 0.770. The normalized spacial score (nSPS) is 14.9. The summed E-state index contributed by atoms with van der Waals surface area (Å²) in [5.74, 6) is -0.971. The minimum Gasteiger partial charge on any atom is -0.395 e. The molecule has 0 aliphatic heterocycles. The third-order valence-corrected chi connectivity index (χ3v) is 2.52. The van der Waals surface area contributed by atoms with Crippen molar-refractivity contribution in [1.29, 1.82) is 0 Å². The van der Waals surface area contributed by atoms with E-state index in [1.54, 1.807) is 4.90 Å². The van der Waals surface area contributed by atoms with Crippen LogP contribution >= 0.6 is 0 Å². The molecule has 1 N–H and O–H groups in total. The first-order valence-electron chi connectivity index (χ1n) is 5.27. The van der Waals surface area contributed by atoms with Gasteiger partial charge in [0.2, 0.25) is 5.95 Å². The van der Waals surface area contributed by atoms with Crippen LogP contribution in [0.2, 0.25) is 0 Å². The number of aliphatic hydroxyl groups is 1. The lowest BCUT2D eigenvalue weighted by Gasteiger charge is -2.20. The van der Waals surface area contributed by atoms with Crippen LogP contribution in [0.1, 0.15) is 23.3 Å². The first-order valence-corrected chi connectivity index (χ1v) is 5.27. The van der Waals surface area contributed by atoms with Crippen LogP contribution in [0.25, 0.3) is 0 Å². The molecular formula is C11H13FN2O2. The molecule has 16 heavy (non-hydrogen) atoms. The van der Waals surface area contributed by atoms with Crippen LogP contribution in [-0.2, 0) is 0 Å². The van der Waals surface area contributed by atoms with Crippen molar-refractivity contribution in [3.8, 4) is 0 Å². The van der Waals surface area contributed by atoms with Gasteiger partial charge in [0, 0.05) is 12.6 Å². The number of nitrogens with zero attached hydrogens (tertiary/aromatic N) is 2. The van der Waals surface area contributed by atoms with Crippen LogP contribution < -0.4 is 0 Å². The van der Waals surface area contributed by atoms with Gasteiger partial charge in [-0.1, -0.05) is 6.07 Å². The average Bonchev–Trinajstić information content (AvgIpc) is 3.09. The minimum atomic E-state index is -0.661. The van der Waals surface area contributed by atoms with Gasteiger partial charge in [-0.15, -0.1) is 0 Å². The highest BCUT2D eigenvalue weighted by atomic mass is 19.1. The highest BCUT2D eigenvalue weighted by Crippen LogP contribution is 2.27. The maximum Gasteiger partial charge on any atom is 0.272 e. The Kier molecular flexibility index (Phi) is 3.14. The predicted molar refractivity (Wildman–Crippen MR) is 55.3 cm³/mol. The number of hydrogen-bond acceptors (Lipinski definition) is 3. The molecule has 1 fully saturated rings. The standard InChI is InChI=1S/C11H13FN2O2/c12-10-3-1-2-9(13-10)11(16)14(6-7-15)8-4-5-8/h1-3,8,15H,4-7H2. The van der Waals surface area contributed by atoms with Crippen molar-refractivity contribution in [3.05, 3.63) is 29.8 Å². The van der Waals surface area contributed by atoms with Crippen LogP contribution in [0.5, 0.6) is 0 Å². The summed E-state index contributed by atoms with van der Waals surface area (Å²) in [5.41, 5.74) is 0.0975. The van der Waals surface area contributed by atoms with Crippen LogP contribution in [0.4, 0.5) is 4.39 Å².